The fourth-order valence-corrected chi connectivity index (χ4v) is 4.17. The number of hydrogen-bond donors (Lipinski definition) is 0. The number of likely N-dealkylation sites (tertiary alicyclic amines) is 1. The van der Waals surface area contributed by atoms with E-state index in [2.05, 4.69) is 40.3 Å². The minimum Gasteiger partial charge on any atom is -0.341 e. The quantitative estimate of drug-likeness (QED) is 0.837. The molecule has 0 aromatic carbocycles. The largest absolute Gasteiger partial charge is 0.341 e. The molecule has 5 heteroatoms. The van der Waals surface area contributed by atoms with Gasteiger partial charge in [0.1, 0.15) is 0 Å². The van der Waals surface area contributed by atoms with Gasteiger partial charge in [-0.25, -0.2) is 0 Å². The van der Waals surface area contributed by atoms with Crippen molar-refractivity contribution in [3.8, 4) is 0 Å². The molecule has 3 heterocycles. The van der Waals surface area contributed by atoms with Crippen LogP contribution in [0.1, 0.15) is 48.0 Å². The molecule has 1 atom stereocenters. The third-order valence-corrected chi connectivity index (χ3v) is 5.47. The fraction of sp³-hybridized carbons (Fsp3) is 0.556. The van der Waals surface area contributed by atoms with Crippen LogP contribution in [0.25, 0.3) is 0 Å². The van der Waals surface area contributed by atoms with E-state index in [0.29, 0.717) is 18.4 Å². The minimum absolute atomic E-state index is 0.299. The van der Waals surface area contributed by atoms with E-state index in [-0.39, 0.29) is 0 Å². The third-order valence-electron chi connectivity index (χ3n) is 4.53. The molecule has 3 rings (SSSR count). The first-order valence-corrected chi connectivity index (χ1v) is 9.34. The minimum atomic E-state index is 0.299. The zero-order valence-corrected chi connectivity index (χ0v) is 14.8. The molecule has 1 fully saturated rings. The molecule has 0 aliphatic carbocycles. The van der Waals surface area contributed by atoms with Gasteiger partial charge < -0.3 is 4.90 Å². The van der Waals surface area contributed by atoms with Crippen molar-refractivity contribution in [1.82, 2.24) is 14.7 Å². The normalized spacial score (nSPS) is 18.3. The number of thiophene rings is 1. The molecule has 4 nitrogen and oxygen atoms in total. The van der Waals surface area contributed by atoms with Crippen LogP contribution in [0.3, 0.4) is 0 Å². The number of aryl methyl sites for hydroxylation is 3. The van der Waals surface area contributed by atoms with Gasteiger partial charge in [0.15, 0.2) is 0 Å². The molecule has 1 amide bonds. The Kier molecular flexibility index (Phi) is 5.16. The Hall–Kier alpha value is -1.62. The second-order valence-electron chi connectivity index (χ2n) is 6.44. The van der Waals surface area contributed by atoms with Gasteiger partial charge in [0.25, 0.3) is 0 Å². The standard InChI is InChI=1S/C18H25N3OS/c1-14-12-15(2)21(19-14)16-6-4-10-20(13-16)18(22)9-3-7-17-8-5-11-23-17/h5,8,11-12,16H,3-4,6-7,9-10,13H2,1-2H3/t16-/m0/s1. The van der Waals surface area contributed by atoms with Gasteiger partial charge in [0.2, 0.25) is 5.91 Å². The van der Waals surface area contributed by atoms with Crippen LogP contribution in [0.4, 0.5) is 0 Å². The number of nitrogens with zero attached hydrogens (tertiary/aromatic N) is 3. The van der Waals surface area contributed by atoms with Gasteiger partial charge in [0.05, 0.1) is 11.7 Å². The zero-order valence-electron chi connectivity index (χ0n) is 14.0. The summed E-state index contributed by atoms with van der Waals surface area (Å²) in [5.41, 5.74) is 2.25. The number of amides is 1. The van der Waals surface area contributed by atoms with Crippen LogP contribution in [-0.4, -0.2) is 33.7 Å². The average Bonchev–Trinajstić information content (AvgIpc) is 3.17. The molecule has 0 radical (unpaired) electrons. The smallest absolute Gasteiger partial charge is 0.222 e. The predicted molar refractivity (Wildman–Crippen MR) is 93.8 cm³/mol. The highest BCUT2D eigenvalue weighted by molar-refractivity contribution is 7.09. The highest BCUT2D eigenvalue weighted by Crippen LogP contribution is 2.24. The van der Waals surface area contributed by atoms with Gasteiger partial charge in [-0.1, -0.05) is 6.07 Å². The van der Waals surface area contributed by atoms with Crippen molar-refractivity contribution >= 4 is 17.2 Å². The summed E-state index contributed by atoms with van der Waals surface area (Å²) < 4.78 is 2.11. The first-order valence-electron chi connectivity index (χ1n) is 8.46. The highest BCUT2D eigenvalue weighted by atomic mass is 32.1. The molecular formula is C18H25N3OS. The van der Waals surface area contributed by atoms with Crippen LogP contribution < -0.4 is 0 Å². The van der Waals surface area contributed by atoms with E-state index < -0.39 is 0 Å². The summed E-state index contributed by atoms with van der Waals surface area (Å²) in [6.45, 7) is 5.83. The van der Waals surface area contributed by atoms with E-state index in [1.807, 2.05) is 11.8 Å². The summed E-state index contributed by atoms with van der Waals surface area (Å²) in [6.07, 6.45) is 4.79. The number of carbonyl (C=O) groups is 1. The van der Waals surface area contributed by atoms with Gasteiger partial charge in [-0.2, -0.15) is 5.10 Å². The van der Waals surface area contributed by atoms with Gasteiger partial charge in [-0.15, -0.1) is 11.3 Å². The van der Waals surface area contributed by atoms with Crippen LogP contribution in [0, 0.1) is 13.8 Å². The molecule has 1 aliphatic rings. The summed E-state index contributed by atoms with van der Waals surface area (Å²) >= 11 is 1.78. The summed E-state index contributed by atoms with van der Waals surface area (Å²) in [5.74, 6) is 0.299. The van der Waals surface area contributed by atoms with Crippen molar-refractivity contribution in [2.24, 2.45) is 0 Å². The SMILES string of the molecule is Cc1cc(C)n([C@H]2CCCN(C(=O)CCCc3cccs3)C2)n1. The van der Waals surface area contributed by atoms with E-state index in [9.17, 15) is 4.79 Å². The lowest BCUT2D eigenvalue weighted by molar-refractivity contribution is -0.133. The summed E-state index contributed by atoms with van der Waals surface area (Å²) in [6, 6.07) is 6.67. The maximum absolute atomic E-state index is 12.5. The second kappa shape index (κ2) is 7.30. The molecule has 0 unspecified atom stereocenters. The van der Waals surface area contributed by atoms with Crippen molar-refractivity contribution in [1.29, 1.82) is 0 Å². The van der Waals surface area contributed by atoms with Crippen molar-refractivity contribution in [3.05, 3.63) is 39.8 Å². The molecule has 0 saturated carbocycles. The first-order chi connectivity index (χ1) is 11.1. The molecular weight excluding hydrogens is 306 g/mol. The van der Waals surface area contributed by atoms with Gasteiger partial charge >= 0.3 is 0 Å². The first kappa shape index (κ1) is 16.2. The maximum atomic E-state index is 12.5. The molecule has 1 aliphatic heterocycles. The number of aromatic nitrogens is 2. The molecule has 124 valence electrons. The van der Waals surface area contributed by atoms with E-state index in [1.165, 1.54) is 10.6 Å². The number of carbonyl (C=O) groups excluding carboxylic acids is 1. The summed E-state index contributed by atoms with van der Waals surface area (Å²) in [5, 5.41) is 6.70. The topological polar surface area (TPSA) is 38.1 Å². The predicted octanol–water partition coefficient (Wildman–Crippen LogP) is 3.75. The zero-order chi connectivity index (χ0) is 16.2. The van der Waals surface area contributed by atoms with Gasteiger partial charge in [-0.3, -0.25) is 9.48 Å². The Bertz CT molecular complexity index is 647. The van der Waals surface area contributed by atoms with Crippen LogP contribution in [0.15, 0.2) is 23.6 Å². The number of piperidine rings is 1. The third kappa shape index (κ3) is 4.02. The van der Waals surface area contributed by atoms with Gasteiger partial charge in [0, 0.05) is 30.1 Å². The van der Waals surface area contributed by atoms with Crippen LogP contribution in [-0.2, 0) is 11.2 Å². The van der Waals surface area contributed by atoms with Crippen molar-refractivity contribution in [2.45, 2.75) is 52.0 Å². The van der Waals surface area contributed by atoms with E-state index in [0.717, 1.165) is 44.5 Å². The second-order valence-corrected chi connectivity index (χ2v) is 7.47. The Balaban J connectivity index is 1.53. The van der Waals surface area contributed by atoms with Crippen LogP contribution >= 0.6 is 11.3 Å². The number of hydrogen-bond acceptors (Lipinski definition) is 3. The summed E-state index contributed by atoms with van der Waals surface area (Å²) in [4.78, 5) is 15.9. The van der Waals surface area contributed by atoms with E-state index in [1.54, 1.807) is 11.3 Å². The van der Waals surface area contributed by atoms with Crippen molar-refractivity contribution in [2.75, 3.05) is 13.1 Å². The molecule has 1 saturated heterocycles. The highest BCUT2D eigenvalue weighted by Gasteiger charge is 2.25. The van der Waals surface area contributed by atoms with Crippen molar-refractivity contribution in [3.63, 3.8) is 0 Å². The van der Waals surface area contributed by atoms with E-state index >= 15 is 0 Å². The number of rotatable bonds is 5. The van der Waals surface area contributed by atoms with Crippen LogP contribution in [0.2, 0.25) is 0 Å². The fourth-order valence-electron chi connectivity index (χ4n) is 3.42. The van der Waals surface area contributed by atoms with E-state index in [4.69, 9.17) is 0 Å². The molecule has 0 bridgehead atoms. The lowest BCUT2D eigenvalue weighted by atomic mass is 10.0. The molecule has 23 heavy (non-hydrogen) atoms. The Morgan fingerprint density at radius 1 is 1.43 bits per heavy atom. The summed E-state index contributed by atoms with van der Waals surface area (Å²) in [7, 11) is 0. The van der Waals surface area contributed by atoms with Crippen LogP contribution in [0.5, 0.6) is 0 Å². The molecule has 0 N–H and O–H groups in total. The molecule has 0 spiro atoms. The van der Waals surface area contributed by atoms with Crippen molar-refractivity contribution < 1.29 is 4.79 Å². The Morgan fingerprint density at radius 3 is 3.00 bits per heavy atom. The molecule has 2 aromatic rings. The average molecular weight is 331 g/mol. The maximum Gasteiger partial charge on any atom is 0.222 e. The molecule has 2 aromatic heterocycles. The lowest BCUT2D eigenvalue weighted by Crippen LogP contribution is -2.41. The monoisotopic (exact) mass is 331 g/mol. The Morgan fingerprint density at radius 2 is 2.30 bits per heavy atom. The lowest BCUT2D eigenvalue weighted by Gasteiger charge is -2.33. The van der Waals surface area contributed by atoms with Gasteiger partial charge in [-0.05, 0) is 57.0 Å². The Labute approximate surface area is 142 Å².